The minimum Gasteiger partial charge on any atom is -0.450 e. The van der Waals surface area contributed by atoms with E-state index < -0.39 is 6.16 Å². The van der Waals surface area contributed by atoms with Gasteiger partial charge in [-0.15, -0.1) is 0 Å². The average molecular weight is 639 g/mol. The molecule has 0 saturated heterocycles. The van der Waals surface area contributed by atoms with Crippen molar-refractivity contribution in [3.63, 3.8) is 0 Å². The van der Waals surface area contributed by atoms with Gasteiger partial charge in [0.1, 0.15) is 11.9 Å². The molecule has 159 valence electrons. The molecule has 28 heavy (non-hydrogen) atoms. The molecule has 4 saturated carbocycles. The summed E-state index contributed by atoms with van der Waals surface area (Å²) in [6.45, 7) is 6.68. The van der Waals surface area contributed by atoms with Crippen LogP contribution in [0.2, 0.25) is 0 Å². The minimum atomic E-state index is -1.12. The topological polar surface area (TPSA) is 63.6 Å². The standard InChI is InChI=1S/C22H34O4.W.Y.2H2/c1-13(23)17-6-7-18-16-5-4-14-12-15(26-20(24)25)8-10-21(14,2)19(16)9-11-22(17,18)3;;;;/h14-19H,4-12H2,1-3H3,(H,24,25);;;2*1H/t14?,15-,16+,17-,18?,19+,21+,22-;;;;/m1..../s1. The second kappa shape index (κ2) is 9.07. The number of carbonyl (C=O) groups excluding carboxylic acids is 1. The van der Waals surface area contributed by atoms with E-state index in [1.54, 1.807) is 6.92 Å². The van der Waals surface area contributed by atoms with E-state index in [4.69, 9.17) is 9.84 Å². The molecule has 4 aliphatic rings. The molecule has 0 aromatic rings. The van der Waals surface area contributed by atoms with Gasteiger partial charge in [-0.3, -0.25) is 4.79 Å². The molecule has 0 amide bonds. The van der Waals surface area contributed by atoms with Crippen LogP contribution < -0.4 is 0 Å². The van der Waals surface area contributed by atoms with Crippen molar-refractivity contribution < 1.29 is 76.1 Å². The Balaban J connectivity index is 0.00000210. The summed E-state index contributed by atoms with van der Waals surface area (Å²) in [7, 11) is 0. The molecule has 2 unspecified atom stereocenters. The van der Waals surface area contributed by atoms with E-state index in [9.17, 15) is 9.59 Å². The molecule has 4 fully saturated rings. The molecular formula is C22H38O4WY. The van der Waals surface area contributed by atoms with Crippen LogP contribution in [0.3, 0.4) is 0 Å². The van der Waals surface area contributed by atoms with Crippen molar-refractivity contribution in [3.05, 3.63) is 0 Å². The summed E-state index contributed by atoms with van der Waals surface area (Å²) in [6, 6.07) is 0. The Morgan fingerprint density at radius 3 is 2.25 bits per heavy atom. The summed E-state index contributed by atoms with van der Waals surface area (Å²) in [6.07, 6.45) is 8.87. The van der Waals surface area contributed by atoms with E-state index in [0.717, 1.165) is 37.5 Å². The Labute approximate surface area is 211 Å². The molecule has 6 heteroatoms. The van der Waals surface area contributed by atoms with Gasteiger partial charge in [-0.1, -0.05) is 13.8 Å². The van der Waals surface area contributed by atoms with Crippen molar-refractivity contribution >= 4 is 11.9 Å². The quantitative estimate of drug-likeness (QED) is 0.390. The first-order valence-corrected chi connectivity index (χ1v) is 10.7. The largest absolute Gasteiger partial charge is 0.506 e. The molecule has 4 nitrogen and oxygen atoms in total. The van der Waals surface area contributed by atoms with Gasteiger partial charge in [0.15, 0.2) is 0 Å². The summed E-state index contributed by atoms with van der Waals surface area (Å²) < 4.78 is 5.13. The van der Waals surface area contributed by atoms with Gasteiger partial charge in [0.2, 0.25) is 0 Å². The second-order valence-corrected chi connectivity index (χ2v) is 10.2. The number of carbonyl (C=O) groups is 2. The number of rotatable bonds is 2. The molecule has 4 aliphatic carbocycles. The summed E-state index contributed by atoms with van der Waals surface area (Å²) >= 11 is 0. The maximum absolute atomic E-state index is 12.2. The van der Waals surface area contributed by atoms with E-state index in [0.29, 0.717) is 23.0 Å². The van der Waals surface area contributed by atoms with Gasteiger partial charge < -0.3 is 9.84 Å². The third-order valence-corrected chi connectivity index (χ3v) is 9.38. The van der Waals surface area contributed by atoms with Crippen molar-refractivity contribution in [1.82, 2.24) is 0 Å². The molecular weight excluding hydrogens is 601 g/mol. The van der Waals surface area contributed by atoms with Crippen LogP contribution in [-0.4, -0.2) is 23.1 Å². The summed E-state index contributed by atoms with van der Waals surface area (Å²) in [5.41, 5.74) is 0.552. The Kier molecular flexibility index (Phi) is 8.10. The van der Waals surface area contributed by atoms with Crippen LogP contribution in [0, 0.1) is 40.4 Å². The molecule has 0 aromatic heterocycles. The molecule has 0 aromatic carbocycles. The van der Waals surface area contributed by atoms with Gasteiger partial charge in [0.05, 0.1) is 0 Å². The summed E-state index contributed by atoms with van der Waals surface area (Å²) in [4.78, 5) is 23.2. The van der Waals surface area contributed by atoms with Gasteiger partial charge >= 0.3 is 6.16 Å². The van der Waals surface area contributed by atoms with E-state index in [1.165, 1.54) is 32.1 Å². The number of hydrogen-bond donors (Lipinski definition) is 1. The number of hydrogen-bond acceptors (Lipinski definition) is 3. The zero-order valence-corrected chi connectivity index (χ0v) is 23.3. The van der Waals surface area contributed by atoms with Crippen LogP contribution in [0.4, 0.5) is 4.79 Å². The van der Waals surface area contributed by atoms with Crippen molar-refractivity contribution in [3.8, 4) is 0 Å². The third kappa shape index (κ3) is 3.97. The van der Waals surface area contributed by atoms with Crippen LogP contribution >= 0.6 is 0 Å². The van der Waals surface area contributed by atoms with Crippen molar-refractivity contribution in [2.24, 2.45) is 40.4 Å². The number of ketones is 1. The predicted octanol–water partition coefficient (Wildman–Crippen LogP) is 5.78. The van der Waals surface area contributed by atoms with Crippen LogP contribution in [0.15, 0.2) is 0 Å². The predicted molar refractivity (Wildman–Crippen MR) is 103 cm³/mol. The van der Waals surface area contributed by atoms with Gasteiger partial charge in [0, 0.05) is 62.5 Å². The van der Waals surface area contributed by atoms with E-state index >= 15 is 0 Å². The zero-order chi connectivity index (χ0) is 18.7. The first-order valence-electron chi connectivity index (χ1n) is 10.7. The zero-order valence-electron chi connectivity index (χ0n) is 17.5. The summed E-state index contributed by atoms with van der Waals surface area (Å²) in [5, 5.41) is 8.96. The molecule has 0 spiro atoms. The van der Waals surface area contributed by atoms with Crippen LogP contribution in [-0.2, 0) is 63.3 Å². The molecule has 0 aliphatic heterocycles. The number of ether oxygens (including phenoxy) is 1. The van der Waals surface area contributed by atoms with Crippen molar-refractivity contribution in [2.75, 3.05) is 0 Å². The molecule has 0 bridgehead atoms. The van der Waals surface area contributed by atoms with Crippen molar-refractivity contribution in [2.45, 2.75) is 84.7 Å². The molecule has 0 heterocycles. The average Bonchev–Trinajstić information content (AvgIpc) is 2.92. The molecule has 1 radical (unpaired) electrons. The third-order valence-electron chi connectivity index (χ3n) is 9.38. The first kappa shape index (κ1) is 25.0. The monoisotopic (exact) mass is 639 g/mol. The van der Waals surface area contributed by atoms with Gasteiger partial charge in [-0.2, -0.15) is 0 Å². The molecule has 4 rings (SSSR count). The first-order chi connectivity index (χ1) is 12.3. The van der Waals surface area contributed by atoms with Crippen LogP contribution in [0.25, 0.3) is 0 Å². The van der Waals surface area contributed by atoms with E-state index in [2.05, 4.69) is 13.8 Å². The SMILES string of the molecule is CC(=O)[C@H]1CCC2[C@@H]3CCC4C[C@H](OC(=O)O)CC[C@]4(C)[C@H]3CC[C@@]21C.[HH].[HH].[W].[Y]. The Morgan fingerprint density at radius 1 is 0.964 bits per heavy atom. The van der Waals surface area contributed by atoms with Gasteiger partial charge in [0.25, 0.3) is 0 Å². The van der Waals surface area contributed by atoms with Crippen LogP contribution in [0.5, 0.6) is 0 Å². The maximum Gasteiger partial charge on any atom is 0.506 e. The maximum atomic E-state index is 12.2. The molecule has 8 atom stereocenters. The number of carboxylic acid groups (broad SMARTS) is 1. The number of Topliss-reactive ketones (excluding diaryl/α,β-unsaturated/α-hetero) is 1. The number of fused-ring (bicyclic) bond motifs is 5. The second-order valence-electron chi connectivity index (χ2n) is 10.2. The minimum absolute atomic E-state index is 0. The Hall–Kier alpha value is 0.732. The summed E-state index contributed by atoms with van der Waals surface area (Å²) in [5.74, 6) is 3.49. The van der Waals surface area contributed by atoms with E-state index in [1.807, 2.05) is 0 Å². The van der Waals surface area contributed by atoms with Crippen LogP contribution in [0.1, 0.15) is 81.4 Å². The Morgan fingerprint density at radius 2 is 1.61 bits per heavy atom. The van der Waals surface area contributed by atoms with E-state index in [-0.39, 0.29) is 74.1 Å². The van der Waals surface area contributed by atoms with Gasteiger partial charge in [-0.05, 0) is 99.2 Å². The smallest absolute Gasteiger partial charge is 0.450 e. The molecule has 1 N–H and O–H groups in total. The Bertz CT molecular complexity index is 624. The fraction of sp³-hybridized carbons (Fsp3) is 0.909. The van der Waals surface area contributed by atoms with Gasteiger partial charge in [-0.25, -0.2) is 4.79 Å². The fourth-order valence-corrected chi connectivity index (χ4v) is 8.14. The normalized spacial score (nSPS) is 46.7. The van der Waals surface area contributed by atoms with Crippen molar-refractivity contribution in [1.29, 1.82) is 0 Å². The fourth-order valence-electron chi connectivity index (χ4n) is 8.14.